The van der Waals surface area contributed by atoms with Gasteiger partial charge in [-0.05, 0) is 43.7 Å². The van der Waals surface area contributed by atoms with E-state index in [4.69, 9.17) is 16.3 Å². The normalized spacial score (nSPS) is 41.0. The second-order valence-corrected chi connectivity index (χ2v) is 6.59. The molecule has 2 heterocycles. The highest BCUT2D eigenvalue weighted by Crippen LogP contribution is 2.55. The summed E-state index contributed by atoms with van der Waals surface area (Å²) in [5.74, 6) is 0.323. The van der Waals surface area contributed by atoms with E-state index < -0.39 is 25.1 Å². The summed E-state index contributed by atoms with van der Waals surface area (Å²) in [5.41, 5.74) is -0.723. The standard InChI is InChI=1S/C18H26O2/c1-13(2)18-10-9-17(4,20-18)16(11-18)19-12-15-8-6-5-7-14(15)3/h5-8,13,16H,9-12H2,1-4H3/t16-,17-,18-/m1/s1/i3D3,12D2. The third-order valence-corrected chi connectivity index (χ3v) is 4.98. The zero-order valence-corrected chi connectivity index (χ0v) is 12.4. The molecule has 2 aliphatic heterocycles. The summed E-state index contributed by atoms with van der Waals surface area (Å²) in [6.07, 6.45) is 2.02. The van der Waals surface area contributed by atoms with Crippen LogP contribution in [0.2, 0.25) is 0 Å². The third kappa shape index (κ3) is 2.19. The van der Waals surface area contributed by atoms with Crippen LogP contribution in [0, 0.1) is 12.8 Å². The quantitative estimate of drug-likeness (QED) is 0.820. The lowest BCUT2D eigenvalue weighted by molar-refractivity contribution is -0.0960. The molecular formula is C18H26O2. The Balaban J connectivity index is 1.89. The zero-order chi connectivity index (χ0) is 18.7. The van der Waals surface area contributed by atoms with Gasteiger partial charge in [0.15, 0.2) is 0 Å². The van der Waals surface area contributed by atoms with E-state index in [2.05, 4.69) is 13.8 Å². The molecule has 2 saturated heterocycles. The van der Waals surface area contributed by atoms with Gasteiger partial charge in [-0.15, -0.1) is 0 Å². The van der Waals surface area contributed by atoms with Gasteiger partial charge in [0.25, 0.3) is 0 Å². The zero-order valence-electron chi connectivity index (χ0n) is 17.4. The van der Waals surface area contributed by atoms with Crippen LogP contribution in [-0.2, 0) is 16.0 Å². The molecule has 2 nitrogen and oxygen atoms in total. The summed E-state index contributed by atoms with van der Waals surface area (Å²) in [7, 11) is 0. The summed E-state index contributed by atoms with van der Waals surface area (Å²) in [4.78, 5) is 0. The molecule has 0 unspecified atom stereocenters. The molecule has 110 valence electrons. The van der Waals surface area contributed by atoms with E-state index in [0.29, 0.717) is 12.3 Å². The smallest absolute Gasteiger partial charge is 0.0924 e. The van der Waals surface area contributed by atoms with Crippen molar-refractivity contribution in [2.24, 2.45) is 5.92 Å². The van der Waals surface area contributed by atoms with Gasteiger partial charge in [0, 0.05) is 10.5 Å². The fourth-order valence-corrected chi connectivity index (χ4v) is 3.44. The van der Waals surface area contributed by atoms with Crippen LogP contribution in [0.5, 0.6) is 0 Å². The lowest BCUT2D eigenvalue weighted by Crippen LogP contribution is -2.38. The molecular weight excluding hydrogens is 248 g/mol. The first kappa shape index (κ1) is 9.22. The molecule has 0 N–H and O–H groups in total. The Morgan fingerprint density at radius 3 is 2.95 bits per heavy atom. The van der Waals surface area contributed by atoms with Crippen LogP contribution in [0.4, 0.5) is 0 Å². The van der Waals surface area contributed by atoms with Gasteiger partial charge >= 0.3 is 0 Å². The predicted molar refractivity (Wildman–Crippen MR) is 80.7 cm³/mol. The fraction of sp³-hybridized carbons (Fsp3) is 0.667. The number of fused-ring (bicyclic) bond motifs is 2. The molecule has 0 aromatic heterocycles. The van der Waals surface area contributed by atoms with E-state index in [-0.39, 0.29) is 16.7 Å². The van der Waals surface area contributed by atoms with Gasteiger partial charge in [-0.2, -0.15) is 0 Å². The van der Waals surface area contributed by atoms with Crippen molar-refractivity contribution in [2.45, 2.75) is 70.8 Å². The van der Waals surface area contributed by atoms with E-state index in [1.165, 1.54) is 12.1 Å². The van der Waals surface area contributed by atoms with Crippen LogP contribution in [0.3, 0.4) is 0 Å². The summed E-state index contributed by atoms with van der Waals surface area (Å²) in [6.45, 7) is 1.63. The lowest BCUT2D eigenvalue weighted by atomic mass is 9.75. The Labute approximate surface area is 129 Å². The first-order valence-electron chi connectivity index (χ1n) is 9.88. The Morgan fingerprint density at radius 2 is 2.25 bits per heavy atom. The Bertz CT molecular complexity index is 657. The van der Waals surface area contributed by atoms with Crippen molar-refractivity contribution in [2.75, 3.05) is 0 Å². The first-order valence-corrected chi connectivity index (χ1v) is 7.38. The number of hydrogen-bond acceptors (Lipinski definition) is 2. The summed E-state index contributed by atoms with van der Waals surface area (Å²) in [5, 5.41) is 0. The number of hydrogen-bond donors (Lipinski definition) is 0. The molecule has 0 aliphatic carbocycles. The monoisotopic (exact) mass is 279 g/mol. The predicted octanol–water partition coefficient (Wildman–Crippen LogP) is 4.25. The van der Waals surface area contributed by atoms with Crippen molar-refractivity contribution < 1.29 is 16.3 Å². The Morgan fingerprint density at radius 1 is 1.45 bits per heavy atom. The highest BCUT2D eigenvalue weighted by Gasteiger charge is 2.60. The second kappa shape index (κ2) is 4.85. The SMILES string of the molecule is [2H]C([2H])([2H])c1ccccc1C([2H])([2H])O[C@@H]1C[C@@]2(C(C)C)CC[C@@]1(C)O2. The van der Waals surface area contributed by atoms with Crippen LogP contribution < -0.4 is 0 Å². The minimum absolute atomic E-state index is 0.00667. The number of rotatable bonds is 4. The summed E-state index contributed by atoms with van der Waals surface area (Å²) in [6, 6.07) is 6.19. The minimum atomic E-state index is -2.39. The van der Waals surface area contributed by atoms with Gasteiger partial charge in [0.05, 0.1) is 26.6 Å². The fourth-order valence-electron chi connectivity index (χ4n) is 3.44. The number of benzene rings is 1. The van der Waals surface area contributed by atoms with Crippen molar-refractivity contribution in [1.82, 2.24) is 0 Å². The first-order chi connectivity index (χ1) is 11.4. The van der Waals surface area contributed by atoms with Crippen LogP contribution >= 0.6 is 0 Å². The molecule has 3 rings (SSSR count). The average Bonchev–Trinajstić information content (AvgIpc) is 2.98. The van der Waals surface area contributed by atoms with Crippen LogP contribution in [0.1, 0.15) is 58.0 Å². The van der Waals surface area contributed by atoms with Gasteiger partial charge in [-0.1, -0.05) is 38.1 Å². The summed E-state index contributed by atoms with van der Waals surface area (Å²) >= 11 is 0. The van der Waals surface area contributed by atoms with E-state index >= 15 is 0 Å². The molecule has 20 heavy (non-hydrogen) atoms. The molecule has 0 radical (unpaired) electrons. The molecule has 0 saturated carbocycles. The topological polar surface area (TPSA) is 18.5 Å². The van der Waals surface area contributed by atoms with Crippen molar-refractivity contribution >= 4 is 0 Å². The molecule has 0 amide bonds. The van der Waals surface area contributed by atoms with Crippen molar-refractivity contribution in [3.05, 3.63) is 35.4 Å². The number of aryl methyl sites for hydroxylation is 1. The van der Waals surface area contributed by atoms with E-state index in [9.17, 15) is 0 Å². The van der Waals surface area contributed by atoms with Crippen LogP contribution in [0.25, 0.3) is 0 Å². The molecule has 2 aliphatic rings. The van der Waals surface area contributed by atoms with Gasteiger partial charge in [-0.25, -0.2) is 0 Å². The van der Waals surface area contributed by atoms with Crippen LogP contribution in [-0.4, -0.2) is 17.3 Å². The van der Waals surface area contributed by atoms with E-state index in [1.807, 2.05) is 6.92 Å². The summed E-state index contributed by atoms with van der Waals surface area (Å²) < 4.78 is 52.1. The molecule has 2 heteroatoms. The Kier molecular flexibility index (Phi) is 2.24. The van der Waals surface area contributed by atoms with Crippen LogP contribution in [0.15, 0.2) is 24.3 Å². The molecule has 2 bridgehead atoms. The number of ether oxygens (including phenoxy) is 2. The maximum Gasteiger partial charge on any atom is 0.0924 e. The van der Waals surface area contributed by atoms with Gasteiger partial charge in [0.2, 0.25) is 0 Å². The van der Waals surface area contributed by atoms with Gasteiger partial charge in [0.1, 0.15) is 0 Å². The van der Waals surface area contributed by atoms with Crippen molar-refractivity contribution in [3.63, 3.8) is 0 Å². The average molecular weight is 279 g/mol. The van der Waals surface area contributed by atoms with E-state index in [1.54, 1.807) is 12.1 Å². The van der Waals surface area contributed by atoms with Gasteiger partial charge < -0.3 is 9.47 Å². The van der Waals surface area contributed by atoms with E-state index in [0.717, 1.165) is 12.8 Å². The molecule has 2 fully saturated rings. The third-order valence-electron chi connectivity index (χ3n) is 4.98. The maximum absolute atomic E-state index is 8.43. The van der Waals surface area contributed by atoms with Gasteiger partial charge in [-0.3, -0.25) is 0 Å². The molecule has 0 spiro atoms. The molecule has 1 aromatic carbocycles. The largest absolute Gasteiger partial charge is 0.370 e. The highest BCUT2D eigenvalue weighted by molar-refractivity contribution is 5.24. The second-order valence-electron chi connectivity index (χ2n) is 6.59. The molecule has 1 aromatic rings. The highest BCUT2D eigenvalue weighted by atomic mass is 16.6. The lowest BCUT2D eigenvalue weighted by Gasteiger charge is -2.31. The minimum Gasteiger partial charge on any atom is -0.370 e. The maximum atomic E-state index is 8.43. The molecule has 3 atom stereocenters. The van der Waals surface area contributed by atoms with Crippen molar-refractivity contribution in [1.29, 1.82) is 0 Å². The Hall–Kier alpha value is -0.860. The van der Waals surface area contributed by atoms with Crippen molar-refractivity contribution in [3.8, 4) is 0 Å².